The van der Waals surface area contributed by atoms with Crippen LogP contribution < -0.4 is 25.4 Å². The quantitative estimate of drug-likeness (QED) is 0.515. The van der Waals surface area contributed by atoms with E-state index in [1.807, 2.05) is 6.07 Å². The van der Waals surface area contributed by atoms with Gasteiger partial charge in [0.05, 0.1) is 18.2 Å². The minimum absolute atomic E-state index is 0.254. The summed E-state index contributed by atoms with van der Waals surface area (Å²) in [7, 11) is 0. The molecule has 1 aliphatic heterocycles. The summed E-state index contributed by atoms with van der Waals surface area (Å²) < 4.78 is 10.9. The van der Waals surface area contributed by atoms with Crippen LogP contribution in [0.3, 0.4) is 0 Å². The predicted octanol–water partition coefficient (Wildman–Crippen LogP) is 2.82. The molecule has 9 heteroatoms. The van der Waals surface area contributed by atoms with Crippen molar-refractivity contribution in [2.24, 2.45) is 0 Å². The third kappa shape index (κ3) is 5.33. The van der Waals surface area contributed by atoms with Gasteiger partial charge in [0, 0.05) is 11.4 Å². The number of nitrogens with one attached hydrogen (secondary N) is 3. The van der Waals surface area contributed by atoms with E-state index in [9.17, 15) is 14.4 Å². The number of aliphatic carboxylic acids is 1. The SMILES string of the molecule is CCOc1cc([C@H]2NC(=O)NC(C)=C2C(=O)Nc2ccccc2)ccc1OCC(=O)O. The number of ether oxygens (including phenoxy) is 2. The Hall–Kier alpha value is -4.01. The van der Waals surface area contributed by atoms with Gasteiger partial charge in [0.2, 0.25) is 0 Å². The number of carbonyl (C=O) groups excluding carboxylic acids is 2. The topological polar surface area (TPSA) is 126 Å². The lowest BCUT2D eigenvalue weighted by atomic mass is 9.94. The van der Waals surface area contributed by atoms with Gasteiger partial charge >= 0.3 is 12.0 Å². The third-order valence-corrected chi connectivity index (χ3v) is 4.50. The Bertz CT molecular complexity index is 1020. The highest BCUT2D eigenvalue weighted by atomic mass is 16.5. The summed E-state index contributed by atoms with van der Waals surface area (Å²) in [6.45, 7) is 3.23. The minimum Gasteiger partial charge on any atom is -0.490 e. The average Bonchev–Trinajstić information content (AvgIpc) is 2.73. The van der Waals surface area contributed by atoms with Gasteiger partial charge in [-0.3, -0.25) is 4.79 Å². The van der Waals surface area contributed by atoms with Gasteiger partial charge in [-0.25, -0.2) is 9.59 Å². The number of anilines is 1. The molecule has 0 saturated carbocycles. The molecule has 3 amide bonds. The molecule has 4 N–H and O–H groups in total. The van der Waals surface area contributed by atoms with E-state index in [0.717, 1.165) is 0 Å². The Morgan fingerprint density at radius 2 is 1.84 bits per heavy atom. The van der Waals surface area contributed by atoms with Gasteiger partial charge < -0.3 is 30.5 Å². The number of para-hydroxylation sites is 1. The fourth-order valence-electron chi connectivity index (χ4n) is 3.20. The largest absolute Gasteiger partial charge is 0.490 e. The van der Waals surface area contributed by atoms with Crippen molar-refractivity contribution in [1.29, 1.82) is 0 Å². The van der Waals surface area contributed by atoms with Crippen LogP contribution in [0, 0.1) is 0 Å². The number of hydrogen-bond acceptors (Lipinski definition) is 5. The molecule has 2 aromatic rings. The molecule has 162 valence electrons. The number of hydrogen-bond donors (Lipinski definition) is 4. The van der Waals surface area contributed by atoms with Gasteiger partial charge in [-0.05, 0) is 43.7 Å². The fourth-order valence-corrected chi connectivity index (χ4v) is 3.20. The van der Waals surface area contributed by atoms with Crippen molar-refractivity contribution in [3.63, 3.8) is 0 Å². The molecule has 0 saturated heterocycles. The Morgan fingerprint density at radius 3 is 2.52 bits per heavy atom. The Morgan fingerprint density at radius 1 is 1.10 bits per heavy atom. The zero-order chi connectivity index (χ0) is 22.4. The first kappa shape index (κ1) is 21.7. The lowest BCUT2D eigenvalue weighted by molar-refractivity contribution is -0.139. The number of allylic oxidation sites excluding steroid dienone is 1. The van der Waals surface area contributed by atoms with Crippen LogP contribution in [0.4, 0.5) is 10.5 Å². The second-order valence-electron chi connectivity index (χ2n) is 6.71. The molecule has 3 rings (SSSR count). The normalized spacial score (nSPS) is 15.5. The molecule has 0 unspecified atom stereocenters. The van der Waals surface area contributed by atoms with Crippen LogP contribution in [-0.4, -0.2) is 36.2 Å². The van der Waals surface area contributed by atoms with E-state index in [0.29, 0.717) is 34.9 Å². The number of carboxylic acid groups (broad SMARTS) is 1. The van der Waals surface area contributed by atoms with E-state index in [-0.39, 0.29) is 11.7 Å². The second-order valence-corrected chi connectivity index (χ2v) is 6.71. The van der Waals surface area contributed by atoms with Crippen molar-refractivity contribution in [1.82, 2.24) is 10.6 Å². The minimum atomic E-state index is -1.12. The van der Waals surface area contributed by atoms with Gasteiger partial charge in [0.1, 0.15) is 0 Å². The zero-order valence-electron chi connectivity index (χ0n) is 17.1. The van der Waals surface area contributed by atoms with E-state index >= 15 is 0 Å². The number of carboxylic acids is 1. The van der Waals surface area contributed by atoms with Crippen molar-refractivity contribution in [3.8, 4) is 11.5 Å². The number of benzene rings is 2. The van der Waals surface area contributed by atoms with Gasteiger partial charge in [-0.1, -0.05) is 24.3 Å². The number of urea groups is 1. The van der Waals surface area contributed by atoms with Gasteiger partial charge in [0.25, 0.3) is 5.91 Å². The number of carbonyl (C=O) groups is 3. The molecule has 0 spiro atoms. The van der Waals surface area contributed by atoms with E-state index in [1.54, 1.807) is 56.3 Å². The van der Waals surface area contributed by atoms with Gasteiger partial charge in [-0.2, -0.15) is 0 Å². The summed E-state index contributed by atoms with van der Waals surface area (Å²) in [5, 5.41) is 17.1. The van der Waals surface area contributed by atoms with Crippen LogP contribution in [-0.2, 0) is 9.59 Å². The predicted molar refractivity (Wildman–Crippen MR) is 113 cm³/mol. The zero-order valence-corrected chi connectivity index (χ0v) is 17.1. The van der Waals surface area contributed by atoms with E-state index in [2.05, 4.69) is 16.0 Å². The van der Waals surface area contributed by atoms with Crippen LogP contribution in [0.1, 0.15) is 25.5 Å². The van der Waals surface area contributed by atoms with E-state index < -0.39 is 24.6 Å². The molecule has 2 aromatic carbocycles. The first-order valence-corrected chi connectivity index (χ1v) is 9.65. The van der Waals surface area contributed by atoms with Crippen LogP contribution in [0.2, 0.25) is 0 Å². The Kier molecular flexibility index (Phi) is 6.76. The molecule has 0 fully saturated rings. The van der Waals surface area contributed by atoms with Crippen molar-refractivity contribution < 1.29 is 29.0 Å². The molecule has 0 radical (unpaired) electrons. The third-order valence-electron chi connectivity index (χ3n) is 4.50. The second kappa shape index (κ2) is 9.66. The maximum atomic E-state index is 13.0. The summed E-state index contributed by atoms with van der Waals surface area (Å²) in [6, 6.07) is 12.6. The Labute approximate surface area is 179 Å². The van der Waals surface area contributed by atoms with Crippen LogP contribution in [0.15, 0.2) is 59.8 Å². The lowest BCUT2D eigenvalue weighted by Gasteiger charge is -2.29. The maximum absolute atomic E-state index is 13.0. The highest BCUT2D eigenvalue weighted by molar-refractivity contribution is 6.06. The Balaban J connectivity index is 1.94. The van der Waals surface area contributed by atoms with Crippen LogP contribution >= 0.6 is 0 Å². The standard InChI is InChI=1S/C22H23N3O6/c1-3-30-17-11-14(9-10-16(17)31-12-18(26)27)20-19(13(2)23-22(29)25-20)21(28)24-15-7-5-4-6-8-15/h4-11,20H,3,12H2,1-2H3,(H,24,28)(H,26,27)(H2,23,25,29)/t20-/m1/s1. The van der Waals surface area contributed by atoms with Crippen molar-refractivity contribution in [2.75, 3.05) is 18.5 Å². The summed E-state index contributed by atoms with van der Waals surface area (Å²) in [6.07, 6.45) is 0. The number of amides is 3. The molecular weight excluding hydrogens is 402 g/mol. The first-order chi connectivity index (χ1) is 14.9. The average molecular weight is 425 g/mol. The molecule has 9 nitrogen and oxygen atoms in total. The van der Waals surface area contributed by atoms with E-state index in [4.69, 9.17) is 14.6 Å². The van der Waals surface area contributed by atoms with Crippen LogP contribution in [0.5, 0.6) is 11.5 Å². The fraction of sp³-hybridized carbons (Fsp3) is 0.227. The highest BCUT2D eigenvalue weighted by Gasteiger charge is 2.32. The molecule has 1 atom stereocenters. The summed E-state index contributed by atoms with van der Waals surface area (Å²) >= 11 is 0. The molecule has 0 aromatic heterocycles. The highest BCUT2D eigenvalue weighted by Crippen LogP contribution is 2.34. The summed E-state index contributed by atoms with van der Waals surface area (Å²) in [4.78, 5) is 36.0. The lowest BCUT2D eigenvalue weighted by Crippen LogP contribution is -2.46. The van der Waals surface area contributed by atoms with Crippen molar-refractivity contribution >= 4 is 23.6 Å². The monoisotopic (exact) mass is 425 g/mol. The maximum Gasteiger partial charge on any atom is 0.341 e. The molecule has 31 heavy (non-hydrogen) atoms. The molecular formula is C22H23N3O6. The summed E-state index contributed by atoms with van der Waals surface area (Å²) in [5.41, 5.74) is 1.96. The number of rotatable bonds is 8. The van der Waals surface area contributed by atoms with Crippen molar-refractivity contribution in [3.05, 3.63) is 65.4 Å². The van der Waals surface area contributed by atoms with Gasteiger partial charge in [0.15, 0.2) is 18.1 Å². The van der Waals surface area contributed by atoms with Crippen LogP contribution in [0.25, 0.3) is 0 Å². The van der Waals surface area contributed by atoms with Gasteiger partial charge in [-0.15, -0.1) is 0 Å². The van der Waals surface area contributed by atoms with Crippen molar-refractivity contribution in [2.45, 2.75) is 19.9 Å². The first-order valence-electron chi connectivity index (χ1n) is 9.65. The molecule has 1 aliphatic rings. The molecule has 0 aliphatic carbocycles. The summed E-state index contributed by atoms with van der Waals surface area (Å²) in [5.74, 6) is -0.917. The molecule has 1 heterocycles. The van der Waals surface area contributed by atoms with E-state index in [1.165, 1.54) is 0 Å². The molecule has 0 bridgehead atoms. The smallest absolute Gasteiger partial charge is 0.341 e.